The van der Waals surface area contributed by atoms with Gasteiger partial charge in [-0.05, 0) is 57.3 Å². The molecule has 2 unspecified atom stereocenters. The van der Waals surface area contributed by atoms with E-state index >= 15 is 0 Å². The lowest BCUT2D eigenvalue weighted by Crippen LogP contribution is -2.46. The van der Waals surface area contributed by atoms with Gasteiger partial charge in [-0.15, -0.1) is 0 Å². The van der Waals surface area contributed by atoms with Crippen molar-refractivity contribution >= 4 is 51.4 Å². The summed E-state index contributed by atoms with van der Waals surface area (Å²) in [5, 5.41) is 9.92. The summed E-state index contributed by atoms with van der Waals surface area (Å²) in [5.41, 5.74) is 2.67. The predicted molar refractivity (Wildman–Crippen MR) is 125 cm³/mol. The van der Waals surface area contributed by atoms with Gasteiger partial charge in [0, 0.05) is 30.7 Å². The van der Waals surface area contributed by atoms with Crippen molar-refractivity contribution in [3.05, 3.63) is 34.7 Å². The number of piperidine rings is 1. The van der Waals surface area contributed by atoms with Gasteiger partial charge in [0.25, 0.3) is 0 Å². The van der Waals surface area contributed by atoms with Crippen molar-refractivity contribution in [2.75, 3.05) is 36.9 Å². The second-order valence-electron chi connectivity index (χ2n) is 9.07. The lowest BCUT2D eigenvalue weighted by Gasteiger charge is -2.38. The van der Waals surface area contributed by atoms with Gasteiger partial charge < -0.3 is 15.1 Å². The highest BCUT2D eigenvalue weighted by molar-refractivity contribution is 6.34. The molecule has 3 aliphatic rings. The Balaban J connectivity index is 1.31. The van der Waals surface area contributed by atoms with E-state index in [1.54, 1.807) is 12.4 Å². The fourth-order valence-electron chi connectivity index (χ4n) is 5.04. The third kappa shape index (κ3) is 3.52. The zero-order valence-electron chi connectivity index (χ0n) is 17.4. The summed E-state index contributed by atoms with van der Waals surface area (Å²) >= 11 is 13.2. The highest BCUT2D eigenvalue weighted by atomic mass is 35.5. The predicted octanol–water partition coefficient (Wildman–Crippen LogP) is 4.74. The molecule has 6 rings (SSSR count). The minimum absolute atomic E-state index is 0.424. The van der Waals surface area contributed by atoms with E-state index in [9.17, 15) is 0 Å². The Morgan fingerprint density at radius 2 is 1.90 bits per heavy atom. The maximum absolute atomic E-state index is 6.72. The molecule has 1 aromatic carbocycles. The van der Waals surface area contributed by atoms with E-state index in [4.69, 9.17) is 28.2 Å². The van der Waals surface area contributed by atoms with E-state index in [0.717, 1.165) is 59.1 Å². The average molecular weight is 458 g/mol. The summed E-state index contributed by atoms with van der Waals surface area (Å²) in [6.45, 7) is 3.31. The van der Waals surface area contributed by atoms with Gasteiger partial charge in [-0.3, -0.25) is 0 Å². The van der Waals surface area contributed by atoms with Gasteiger partial charge in [0.2, 0.25) is 5.95 Å². The first-order valence-electron chi connectivity index (χ1n) is 11.0. The Bertz CT molecular complexity index is 1140. The summed E-state index contributed by atoms with van der Waals surface area (Å²) in [4.78, 5) is 14.1. The van der Waals surface area contributed by atoms with Crippen LogP contribution >= 0.6 is 23.2 Å². The van der Waals surface area contributed by atoms with Gasteiger partial charge in [0.1, 0.15) is 0 Å². The lowest BCUT2D eigenvalue weighted by molar-refractivity contribution is 0.208. The molecule has 0 radical (unpaired) electrons. The zero-order valence-corrected chi connectivity index (χ0v) is 18.9. The second kappa shape index (κ2) is 7.50. The van der Waals surface area contributed by atoms with Gasteiger partial charge in [0.15, 0.2) is 5.15 Å². The normalized spacial score (nSPS) is 24.0. The van der Waals surface area contributed by atoms with E-state index in [-0.39, 0.29) is 0 Å². The fraction of sp³-hybridized carbons (Fsp3) is 0.500. The van der Waals surface area contributed by atoms with Gasteiger partial charge in [-0.25, -0.2) is 14.6 Å². The smallest absolute Gasteiger partial charge is 0.227 e. The largest absolute Gasteiger partial charge is 0.366 e. The number of hydrogen-bond acceptors (Lipinski definition) is 6. The number of likely N-dealkylation sites (N-methyl/N-ethyl adjacent to an activating group) is 1. The average Bonchev–Trinajstić information content (AvgIpc) is 3.42. The summed E-state index contributed by atoms with van der Waals surface area (Å²) < 4.78 is 1.87. The molecule has 3 fully saturated rings. The number of fused-ring (bicyclic) bond motifs is 2. The fourth-order valence-corrected chi connectivity index (χ4v) is 5.60. The maximum atomic E-state index is 6.72. The highest BCUT2D eigenvalue weighted by Crippen LogP contribution is 2.40. The Morgan fingerprint density at radius 1 is 1.06 bits per heavy atom. The maximum Gasteiger partial charge on any atom is 0.227 e. The molecule has 1 N–H and O–H groups in total. The van der Waals surface area contributed by atoms with Crippen molar-refractivity contribution in [2.45, 2.75) is 37.8 Å². The van der Waals surface area contributed by atoms with Crippen molar-refractivity contribution in [1.29, 1.82) is 0 Å². The molecule has 4 heterocycles. The van der Waals surface area contributed by atoms with E-state index in [0.29, 0.717) is 23.2 Å². The van der Waals surface area contributed by atoms with Crippen LogP contribution in [0.4, 0.5) is 17.3 Å². The minimum Gasteiger partial charge on any atom is -0.366 e. The van der Waals surface area contributed by atoms with Gasteiger partial charge in [0.05, 0.1) is 34.2 Å². The molecule has 3 aromatic rings. The molecule has 7 nitrogen and oxygen atoms in total. The Labute approximate surface area is 191 Å². The molecule has 0 bridgehead atoms. The number of likely N-dealkylation sites (tertiary alicyclic amines) is 1. The van der Waals surface area contributed by atoms with Crippen molar-refractivity contribution in [2.24, 2.45) is 5.92 Å². The standard InChI is InChI=1S/C22H25Cl2N7/c1-29-6-4-13-5-7-30(20(13)12-29)19-9-17-14(8-16(19)23)10-25-22(27-17)28-18-11-26-31(21(18)24)15-2-3-15/h8-11,13,15,20H,2-7,12H2,1H3,(H,25,27,28). The minimum atomic E-state index is 0.424. The van der Waals surface area contributed by atoms with E-state index in [2.05, 4.69) is 38.3 Å². The number of rotatable bonds is 4. The van der Waals surface area contributed by atoms with Crippen LogP contribution in [0.5, 0.6) is 0 Å². The molecular weight excluding hydrogens is 433 g/mol. The Morgan fingerprint density at radius 3 is 2.74 bits per heavy atom. The summed E-state index contributed by atoms with van der Waals surface area (Å²) in [6.07, 6.45) is 8.30. The molecule has 1 aliphatic carbocycles. The number of nitrogens with one attached hydrogen (secondary N) is 1. The number of aromatic nitrogens is 4. The number of benzene rings is 1. The van der Waals surface area contributed by atoms with Crippen LogP contribution in [0, 0.1) is 5.92 Å². The van der Waals surface area contributed by atoms with Crippen molar-refractivity contribution in [3.8, 4) is 0 Å². The van der Waals surface area contributed by atoms with E-state index in [1.165, 1.54) is 19.4 Å². The molecule has 2 aliphatic heterocycles. The third-order valence-electron chi connectivity index (χ3n) is 6.90. The summed E-state index contributed by atoms with van der Waals surface area (Å²) in [5.74, 6) is 1.26. The highest BCUT2D eigenvalue weighted by Gasteiger charge is 2.38. The van der Waals surface area contributed by atoms with Gasteiger partial charge >= 0.3 is 0 Å². The molecule has 2 atom stereocenters. The molecule has 0 amide bonds. The van der Waals surface area contributed by atoms with E-state index < -0.39 is 0 Å². The SMILES string of the molecule is CN1CCC2CCN(c3cc4nc(Nc5cnn(C6CC6)c5Cl)ncc4cc3Cl)C2C1. The number of hydrogen-bond donors (Lipinski definition) is 1. The Hall–Kier alpha value is -2.09. The Kier molecular flexibility index (Phi) is 4.74. The first-order valence-corrected chi connectivity index (χ1v) is 11.7. The monoisotopic (exact) mass is 457 g/mol. The zero-order chi connectivity index (χ0) is 21.1. The molecule has 2 saturated heterocycles. The molecule has 0 spiro atoms. The van der Waals surface area contributed by atoms with Crippen LogP contribution in [0.15, 0.2) is 24.5 Å². The van der Waals surface area contributed by atoms with Crippen LogP contribution in [0.2, 0.25) is 10.2 Å². The van der Waals surface area contributed by atoms with Gasteiger partial charge in [-0.2, -0.15) is 5.10 Å². The second-order valence-corrected chi connectivity index (χ2v) is 9.83. The molecular formula is C22H25Cl2N7. The molecule has 2 aromatic heterocycles. The van der Waals surface area contributed by atoms with Crippen molar-refractivity contribution < 1.29 is 0 Å². The molecule has 9 heteroatoms. The van der Waals surface area contributed by atoms with Gasteiger partial charge in [-0.1, -0.05) is 23.2 Å². The van der Waals surface area contributed by atoms with Crippen LogP contribution in [0.1, 0.15) is 31.7 Å². The van der Waals surface area contributed by atoms with Crippen LogP contribution < -0.4 is 10.2 Å². The number of nitrogens with zero attached hydrogens (tertiary/aromatic N) is 6. The van der Waals surface area contributed by atoms with E-state index in [1.807, 2.05) is 10.7 Å². The molecule has 162 valence electrons. The number of halogens is 2. The molecule has 31 heavy (non-hydrogen) atoms. The van der Waals surface area contributed by atoms with Crippen LogP contribution in [-0.4, -0.2) is 57.4 Å². The lowest BCUT2D eigenvalue weighted by atomic mass is 9.92. The number of anilines is 3. The quantitative estimate of drug-likeness (QED) is 0.610. The first-order chi connectivity index (χ1) is 15.1. The topological polar surface area (TPSA) is 62.1 Å². The van der Waals surface area contributed by atoms with Crippen molar-refractivity contribution in [3.63, 3.8) is 0 Å². The first kappa shape index (κ1) is 19.6. The van der Waals surface area contributed by atoms with Crippen molar-refractivity contribution in [1.82, 2.24) is 24.6 Å². The van der Waals surface area contributed by atoms with Crippen LogP contribution in [0.25, 0.3) is 10.9 Å². The summed E-state index contributed by atoms with van der Waals surface area (Å²) in [7, 11) is 2.20. The van der Waals surface area contributed by atoms with Crippen LogP contribution in [-0.2, 0) is 0 Å². The summed E-state index contributed by atoms with van der Waals surface area (Å²) in [6, 6.07) is 5.03. The molecule has 1 saturated carbocycles. The van der Waals surface area contributed by atoms with Crippen LogP contribution in [0.3, 0.4) is 0 Å². The third-order valence-corrected chi connectivity index (χ3v) is 7.58.